The van der Waals surface area contributed by atoms with Crippen LogP contribution in [0.2, 0.25) is 0 Å². The van der Waals surface area contributed by atoms with Gasteiger partial charge in [0.05, 0.1) is 25.4 Å². The number of halogens is 1. The van der Waals surface area contributed by atoms with Crippen LogP contribution in [0.4, 0.5) is 10.1 Å². The highest BCUT2D eigenvalue weighted by atomic mass is 19.1. The van der Waals surface area contributed by atoms with Gasteiger partial charge in [-0.2, -0.15) is 5.10 Å². The van der Waals surface area contributed by atoms with E-state index in [0.717, 1.165) is 59.7 Å². The van der Waals surface area contributed by atoms with Crippen molar-refractivity contribution in [3.05, 3.63) is 89.9 Å². The Morgan fingerprint density at radius 2 is 1.77 bits per heavy atom. The van der Waals surface area contributed by atoms with E-state index >= 15 is 0 Å². The first-order chi connectivity index (χ1) is 18.9. The fraction of sp³-hybridized carbons (Fsp3) is 0.281. The number of anilines is 1. The van der Waals surface area contributed by atoms with Crippen LogP contribution in [0.25, 0.3) is 28.1 Å². The normalized spacial score (nSPS) is 14.1. The third kappa shape index (κ3) is 6.08. The van der Waals surface area contributed by atoms with Crippen molar-refractivity contribution in [1.29, 1.82) is 0 Å². The minimum Gasteiger partial charge on any atom is -0.466 e. The summed E-state index contributed by atoms with van der Waals surface area (Å²) in [5, 5.41) is 5.40. The molecule has 39 heavy (non-hydrogen) atoms. The van der Waals surface area contributed by atoms with Gasteiger partial charge < -0.3 is 9.64 Å². The zero-order valence-electron chi connectivity index (χ0n) is 22.3. The summed E-state index contributed by atoms with van der Waals surface area (Å²) in [5.41, 5.74) is 5.13. The SMILES string of the molecule is COC(=O)/C=C/c1cc(F)cc(N(Cc2ccc(-c3ccc4c(cnn4C)c3)cc2)C(=O)C2CCCCC2)c1. The van der Waals surface area contributed by atoms with E-state index in [1.807, 2.05) is 42.2 Å². The number of amides is 1. The zero-order chi connectivity index (χ0) is 27.4. The number of hydrogen-bond donors (Lipinski definition) is 0. The highest BCUT2D eigenvalue weighted by molar-refractivity contribution is 5.95. The molecule has 1 amide bonds. The molecule has 0 saturated heterocycles. The fourth-order valence-electron chi connectivity index (χ4n) is 5.28. The van der Waals surface area contributed by atoms with Gasteiger partial charge in [0.25, 0.3) is 0 Å². The number of nitrogens with zero attached hydrogens (tertiary/aromatic N) is 3. The molecule has 0 aliphatic heterocycles. The Kier molecular flexibility index (Phi) is 7.87. The van der Waals surface area contributed by atoms with E-state index in [9.17, 15) is 14.0 Å². The molecule has 7 heteroatoms. The summed E-state index contributed by atoms with van der Waals surface area (Å²) >= 11 is 0. The van der Waals surface area contributed by atoms with E-state index < -0.39 is 11.8 Å². The first-order valence-electron chi connectivity index (χ1n) is 13.3. The Bertz CT molecular complexity index is 1520. The van der Waals surface area contributed by atoms with Crippen molar-refractivity contribution in [2.24, 2.45) is 13.0 Å². The van der Waals surface area contributed by atoms with Crippen molar-refractivity contribution >= 4 is 34.5 Å². The number of aryl methyl sites for hydroxylation is 1. The quantitative estimate of drug-likeness (QED) is 0.199. The number of aromatic nitrogens is 2. The molecule has 0 N–H and O–H groups in total. The standard InChI is InChI=1S/C32H32FN3O3/c1-35-30-14-13-26(18-27(30)20-34-35)24-11-8-22(9-12-24)21-36(32(38)25-6-4-3-5-7-25)29-17-23(16-28(33)19-29)10-15-31(37)39-2/h8-20,25H,3-7,21H2,1-2H3/b15-10+. The molecule has 4 aromatic rings. The van der Waals surface area contributed by atoms with Crippen LogP contribution in [0.15, 0.2) is 72.9 Å². The number of fused-ring (bicyclic) bond motifs is 1. The third-order valence-corrected chi connectivity index (χ3v) is 7.42. The second-order valence-corrected chi connectivity index (χ2v) is 10.1. The second kappa shape index (κ2) is 11.6. The molecule has 0 radical (unpaired) electrons. The van der Waals surface area contributed by atoms with Gasteiger partial charge in [-0.1, -0.05) is 49.6 Å². The summed E-state index contributed by atoms with van der Waals surface area (Å²) < 4.78 is 21.2. The van der Waals surface area contributed by atoms with Crippen LogP contribution in [-0.2, 0) is 27.9 Å². The lowest BCUT2D eigenvalue weighted by molar-refractivity contribution is -0.134. The predicted molar refractivity (Wildman–Crippen MR) is 151 cm³/mol. The summed E-state index contributed by atoms with van der Waals surface area (Å²) in [6.45, 7) is 0.320. The van der Waals surface area contributed by atoms with Gasteiger partial charge in [0.15, 0.2) is 0 Å². The number of hydrogen-bond acceptors (Lipinski definition) is 4. The average molecular weight is 526 g/mol. The maximum Gasteiger partial charge on any atom is 0.330 e. The molecule has 0 unspecified atom stereocenters. The van der Waals surface area contributed by atoms with E-state index in [-0.39, 0.29) is 11.8 Å². The highest BCUT2D eigenvalue weighted by Crippen LogP contribution is 2.31. The number of carbonyl (C=O) groups is 2. The molecule has 1 aliphatic carbocycles. The Morgan fingerprint density at radius 3 is 2.51 bits per heavy atom. The minimum atomic E-state index is -0.529. The van der Waals surface area contributed by atoms with Gasteiger partial charge in [0.2, 0.25) is 5.91 Å². The first kappa shape index (κ1) is 26.4. The third-order valence-electron chi connectivity index (χ3n) is 7.42. The zero-order valence-corrected chi connectivity index (χ0v) is 22.3. The van der Waals surface area contributed by atoms with E-state index in [0.29, 0.717) is 17.8 Å². The fourth-order valence-corrected chi connectivity index (χ4v) is 5.28. The molecule has 0 atom stereocenters. The second-order valence-electron chi connectivity index (χ2n) is 10.1. The van der Waals surface area contributed by atoms with Crippen LogP contribution < -0.4 is 4.90 Å². The smallest absolute Gasteiger partial charge is 0.330 e. The predicted octanol–water partition coefficient (Wildman–Crippen LogP) is 6.68. The number of esters is 1. The van der Waals surface area contributed by atoms with Crippen LogP contribution in [0.5, 0.6) is 0 Å². The van der Waals surface area contributed by atoms with Crippen molar-refractivity contribution in [2.75, 3.05) is 12.0 Å². The lowest BCUT2D eigenvalue weighted by Gasteiger charge is -2.30. The largest absolute Gasteiger partial charge is 0.466 e. The van der Waals surface area contributed by atoms with Crippen molar-refractivity contribution in [1.82, 2.24) is 9.78 Å². The van der Waals surface area contributed by atoms with Crippen molar-refractivity contribution < 1.29 is 18.7 Å². The maximum absolute atomic E-state index is 14.7. The van der Waals surface area contributed by atoms with Crippen LogP contribution in [-0.4, -0.2) is 28.8 Å². The molecule has 200 valence electrons. The number of ether oxygens (including phenoxy) is 1. The number of carbonyl (C=O) groups excluding carboxylic acids is 2. The minimum absolute atomic E-state index is 0.00861. The molecule has 5 rings (SSSR count). The number of benzene rings is 3. The Hall–Kier alpha value is -4.26. The van der Waals surface area contributed by atoms with Gasteiger partial charge >= 0.3 is 5.97 Å². The summed E-state index contributed by atoms with van der Waals surface area (Å²) in [6, 6.07) is 18.8. The molecule has 1 aliphatic rings. The van der Waals surface area contributed by atoms with Gasteiger partial charge in [0, 0.05) is 30.1 Å². The van der Waals surface area contributed by atoms with Crippen LogP contribution in [0.3, 0.4) is 0 Å². The lowest BCUT2D eigenvalue weighted by atomic mass is 9.88. The molecule has 1 aromatic heterocycles. The monoisotopic (exact) mass is 525 g/mol. The summed E-state index contributed by atoms with van der Waals surface area (Å²) in [7, 11) is 3.21. The Morgan fingerprint density at radius 1 is 1.03 bits per heavy atom. The lowest BCUT2D eigenvalue weighted by Crippen LogP contribution is -2.36. The molecule has 1 saturated carbocycles. The molecule has 1 fully saturated rings. The Balaban J connectivity index is 1.44. The van der Waals surface area contributed by atoms with Crippen LogP contribution >= 0.6 is 0 Å². The molecule has 3 aromatic carbocycles. The summed E-state index contributed by atoms with van der Waals surface area (Å²) in [6.07, 6.45) is 9.47. The molecule has 6 nitrogen and oxygen atoms in total. The van der Waals surface area contributed by atoms with Gasteiger partial charge in [-0.25, -0.2) is 9.18 Å². The topological polar surface area (TPSA) is 64.4 Å². The van der Waals surface area contributed by atoms with E-state index in [2.05, 4.69) is 28.0 Å². The van der Waals surface area contributed by atoms with Gasteiger partial charge in [-0.3, -0.25) is 9.48 Å². The molecule has 0 spiro atoms. The first-order valence-corrected chi connectivity index (χ1v) is 13.3. The Labute approximate surface area is 227 Å². The van der Waals surface area contributed by atoms with Crippen molar-refractivity contribution in [3.63, 3.8) is 0 Å². The molecule has 1 heterocycles. The van der Waals surface area contributed by atoms with Crippen molar-refractivity contribution in [3.8, 4) is 11.1 Å². The van der Waals surface area contributed by atoms with E-state index in [1.54, 1.807) is 11.0 Å². The molecular weight excluding hydrogens is 493 g/mol. The molecular formula is C32H32FN3O3. The summed E-state index contributed by atoms with van der Waals surface area (Å²) in [5.74, 6) is -1.07. The van der Waals surface area contributed by atoms with Gasteiger partial charge in [-0.05, 0) is 71.5 Å². The number of methoxy groups -OCH3 is 1. The van der Waals surface area contributed by atoms with Gasteiger partial charge in [0.1, 0.15) is 5.82 Å². The van der Waals surface area contributed by atoms with Gasteiger partial charge in [-0.15, -0.1) is 0 Å². The molecule has 0 bridgehead atoms. The van der Waals surface area contributed by atoms with Crippen LogP contribution in [0, 0.1) is 11.7 Å². The highest BCUT2D eigenvalue weighted by Gasteiger charge is 2.27. The van der Waals surface area contributed by atoms with E-state index in [1.165, 1.54) is 31.4 Å². The van der Waals surface area contributed by atoms with E-state index in [4.69, 9.17) is 0 Å². The average Bonchev–Trinajstić information content (AvgIpc) is 3.34. The maximum atomic E-state index is 14.7. The van der Waals surface area contributed by atoms with Crippen LogP contribution in [0.1, 0.15) is 43.2 Å². The summed E-state index contributed by atoms with van der Waals surface area (Å²) in [4.78, 5) is 27.0. The number of rotatable bonds is 7. The van der Waals surface area contributed by atoms with Crippen molar-refractivity contribution in [2.45, 2.75) is 38.6 Å².